The van der Waals surface area contributed by atoms with E-state index in [2.05, 4.69) is 15.1 Å². The monoisotopic (exact) mass is 350 g/mol. The summed E-state index contributed by atoms with van der Waals surface area (Å²) in [4.78, 5) is 22.1. The van der Waals surface area contributed by atoms with Crippen molar-refractivity contribution < 1.29 is 13.2 Å². The zero-order chi connectivity index (χ0) is 17.2. The Bertz CT molecular complexity index is 820. The molecule has 0 aromatic carbocycles. The zero-order valence-electron chi connectivity index (χ0n) is 13.2. The van der Waals surface area contributed by atoms with Crippen LogP contribution in [0.4, 0.5) is 0 Å². The summed E-state index contributed by atoms with van der Waals surface area (Å²) >= 11 is 0. The predicted octanol–water partition coefficient (Wildman–Crippen LogP) is -0.253. The van der Waals surface area contributed by atoms with Crippen LogP contribution in [0, 0.1) is 0 Å². The zero-order valence-corrected chi connectivity index (χ0v) is 14.1. The number of sulfonamides is 1. The second-order valence-corrected chi connectivity index (χ2v) is 7.43. The molecule has 3 rings (SSSR count). The highest BCUT2D eigenvalue weighted by Crippen LogP contribution is 2.17. The molecule has 1 amide bonds. The Balaban J connectivity index is 1.72. The SMILES string of the molecule is Cn1cc(S(=O)(=O)N2CCCN(C(=O)c3cnccn3)CC2)cn1. The minimum atomic E-state index is -3.59. The maximum atomic E-state index is 12.6. The van der Waals surface area contributed by atoms with E-state index < -0.39 is 10.0 Å². The third kappa shape index (κ3) is 3.29. The molecular weight excluding hydrogens is 332 g/mol. The lowest BCUT2D eigenvalue weighted by Gasteiger charge is -2.21. The largest absolute Gasteiger partial charge is 0.336 e. The lowest BCUT2D eigenvalue weighted by molar-refractivity contribution is 0.0758. The molecule has 24 heavy (non-hydrogen) atoms. The van der Waals surface area contributed by atoms with Crippen LogP contribution in [0.3, 0.4) is 0 Å². The van der Waals surface area contributed by atoms with Crippen molar-refractivity contribution in [3.63, 3.8) is 0 Å². The number of aromatic nitrogens is 4. The van der Waals surface area contributed by atoms with Crippen molar-refractivity contribution >= 4 is 15.9 Å². The van der Waals surface area contributed by atoms with Gasteiger partial charge >= 0.3 is 0 Å². The highest BCUT2D eigenvalue weighted by molar-refractivity contribution is 7.89. The number of rotatable bonds is 3. The highest BCUT2D eigenvalue weighted by Gasteiger charge is 2.29. The summed E-state index contributed by atoms with van der Waals surface area (Å²) in [5.41, 5.74) is 0.265. The van der Waals surface area contributed by atoms with Crippen LogP contribution in [0.5, 0.6) is 0 Å². The molecule has 0 saturated carbocycles. The predicted molar refractivity (Wildman–Crippen MR) is 84.5 cm³/mol. The van der Waals surface area contributed by atoms with Gasteiger partial charge in [-0.25, -0.2) is 13.4 Å². The number of amides is 1. The van der Waals surface area contributed by atoms with Crippen molar-refractivity contribution in [1.29, 1.82) is 0 Å². The Morgan fingerprint density at radius 3 is 2.62 bits per heavy atom. The van der Waals surface area contributed by atoms with Crippen molar-refractivity contribution in [2.45, 2.75) is 11.3 Å². The van der Waals surface area contributed by atoms with Gasteiger partial charge in [0, 0.05) is 51.8 Å². The van der Waals surface area contributed by atoms with E-state index in [1.54, 1.807) is 11.9 Å². The average Bonchev–Trinajstić information content (AvgIpc) is 2.88. The third-order valence-electron chi connectivity index (χ3n) is 3.84. The van der Waals surface area contributed by atoms with Gasteiger partial charge in [-0.15, -0.1) is 0 Å². The summed E-state index contributed by atoms with van der Waals surface area (Å²) in [6, 6.07) is 0. The van der Waals surface area contributed by atoms with E-state index >= 15 is 0 Å². The Morgan fingerprint density at radius 1 is 1.12 bits per heavy atom. The molecule has 0 N–H and O–H groups in total. The molecule has 2 aromatic rings. The first-order valence-corrected chi connectivity index (χ1v) is 8.96. The van der Waals surface area contributed by atoms with Crippen LogP contribution < -0.4 is 0 Å². The molecule has 1 saturated heterocycles. The first-order valence-electron chi connectivity index (χ1n) is 7.52. The van der Waals surface area contributed by atoms with Gasteiger partial charge in [-0.1, -0.05) is 0 Å². The summed E-state index contributed by atoms with van der Waals surface area (Å²) in [5, 5.41) is 3.92. The molecule has 0 spiro atoms. The van der Waals surface area contributed by atoms with Gasteiger partial charge in [-0.2, -0.15) is 9.40 Å². The topological polar surface area (TPSA) is 101 Å². The van der Waals surface area contributed by atoms with E-state index in [0.717, 1.165) is 0 Å². The van der Waals surface area contributed by atoms with Crippen LogP contribution in [0.15, 0.2) is 35.9 Å². The molecule has 0 unspecified atom stereocenters. The molecule has 0 aliphatic carbocycles. The second-order valence-electron chi connectivity index (χ2n) is 5.49. The molecule has 1 fully saturated rings. The van der Waals surface area contributed by atoms with Crippen molar-refractivity contribution in [3.05, 3.63) is 36.7 Å². The van der Waals surface area contributed by atoms with E-state index in [1.807, 2.05) is 0 Å². The first kappa shape index (κ1) is 16.5. The van der Waals surface area contributed by atoms with Gasteiger partial charge in [0.25, 0.3) is 5.91 Å². The standard InChI is InChI=1S/C14H18N6O3S/c1-18-11-12(9-17-18)24(22,23)20-6-2-5-19(7-8-20)14(21)13-10-15-3-4-16-13/h3-4,9-11H,2,5-8H2,1H3. The quantitative estimate of drug-likeness (QED) is 0.756. The van der Waals surface area contributed by atoms with E-state index in [-0.39, 0.29) is 23.0 Å². The minimum Gasteiger partial charge on any atom is -0.336 e. The van der Waals surface area contributed by atoms with E-state index in [0.29, 0.717) is 26.1 Å². The Hall–Kier alpha value is -2.33. The Kier molecular flexibility index (Phi) is 4.58. The number of hydrogen-bond acceptors (Lipinski definition) is 6. The Morgan fingerprint density at radius 2 is 1.96 bits per heavy atom. The van der Waals surface area contributed by atoms with Gasteiger partial charge in [0.2, 0.25) is 10.0 Å². The lowest BCUT2D eigenvalue weighted by Crippen LogP contribution is -2.37. The van der Waals surface area contributed by atoms with E-state index in [9.17, 15) is 13.2 Å². The molecular formula is C14H18N6O3S. The molecule has 1 aliphatic rings. The summed E-state index contributed by atoms with van der Waals surface area (Å²) in [6.07, 6.45) is 7.75. The van der Waals surface area contributed by atoms with Gasteiger partial charge in [-0.05, 0) is 6.42 Å². The van der Waals surface area contributed by atoms with Crippen molar-refractivity contribution in [1.82, 2.24) is 29.0 Å². The van der Waals surface area contributed by atoms with Crippen LogP contribution in [0.25, 0.3) is 0 Å². The van der Waals surface area contributed by atoms with Crippen molar-refractivity contribution in [2.24, 2.45) is 7.05 Å². The highest BCUT2D eigenvalue weighted by atomic mass is 32.2. The van der Waals surface area contributed by atoms with Gasteiger partial charge in [0.1, 0.15) is 10.6 Å². The van der Waals surface area contributed by atoms with Crippen molar-refractivity contribution in [3.8, 4) is 0 Å². The number of carbonyl (C=O) groups is 1. The molecule has 0 bridgehead atoms. The van der Waals surface area contributed by atoms with Gasteiger partial charge < -0.3 is 4.90 Å². The fourth-order valence-corrected chi connectivity index (χ4v) is 4.05. The number of aryl methyl sites for hydroxylation is 1. The second kappa shape index (κ2) is 6.65. The third-order valence-corrected chi connectivity index (χ3v) is 5.69. The number of carbonyl (C=O) groups excluding carboxylic acids is 1. The van der Waals surface area contributed by atoms with Crippen molar-refractivity contribution in [2.75, 3.05) is 26.2 Å². The molecule has 2 aromatic heterocycles. The Labute approximate surface area is 140 Å². The molecule has 3 heterocycles. The van der Waals surface area contributed by atoms with Crippen LogP contribution in [-0.2, 0) is 17.1 Å². The summed E-state index contributed by atoms with van der Waals surface area (Å²) < 4.78 is 28.1. The van der Waals surface area contributed by atoms with Gasteiger partial charge in [0.05, 0.1) is 12.4 Å². The van der Waals surface area contributed by atoms with Crippen LogP contribution >= 0.6 is 0 Å². The summed E-state index contributed by atoms with van der Waals surface area (Å²) in [6.45, 7) is 1.40. The smallest absolute Gasteiger partial charge is 0.274 e. The number of nitrogens with zero attached hydrogens (tertiary/aromatic N) is 6. The molecule has 0 atom stereocenters. The molecule has 128 valence electrons. The molecule has 10 heteroatoms. The molecule has 1 aliphatic heterocycles. The normalized spacial score (nSPS) is 16.8. The summed E-state index contributed by atoms with van der Waals surface area (Å²) in [5.74, 6) is -0.233. The maximum Gasteiger partial charge on any atom is 0.274 e. The summed E-state index contributed by atoms with van der Waals surface area (Å²) in [7, 11) is -1.92. The van der Waals surface area contributed by atoms with Gasteiger partial charge in [0.15, 0.2) is 0 Å². The fraction of sp³-hybridized carbons (Fsp3) is 0.429. The average molecular weight is 350 g/mol. The first-order chi connectivity index (χ1) is 11.5. The lowest BCUT2D eigenvalue weighted by atomic mass is 10.3. The number of hydrogen-bond donors (Lipinski definition) is 0. The van der Waals surface area contributed by atoms with Crippen LogP contribution in [0.1, 0.15) is 16.9 Å². The fourth-order valence-electron chi connectivity index (χ4n) is 2.59. The van der Waals surface area contributed by atoms with Gasteiger partial charge in [-0.3, -0.25) is 14.5 Å². The van der Waals surface area contributed by atoms with Crippen LogP contribution in [0.2, 0.25) is 0 Å². The van der Waals surface area contributed by atoms with E-state index in [1.165, 1.54) is 40.0 Å². The van der Waals surface area contributed by atoms with Crippen LogP contribution in [-0.4, -0.2) is 69.5 Å². The molecule has 0 radical (unpaired) electrons. The molecule has 9 nitrogen and oxygen atoms in total. The maximum absolute atomic E-state index is 12.6. The van der Waals surface area contributed by atoms with E-state index in [4.69, 9.17) is 0 Å². The minimum absolute atomic E-state index is 0.165.